The minimum atomic E-state index is -3.60. The molecule has 2 N–H and O–H groups in total. The van der Waals surface area contributed by atoms with Crippen molar-refractivity contribution in [2.24, 2.45) is 0 Å². The first kappa shape index (κ1) is 12.9. The molecule has 0 aromatic heterocycles. The first-order valence-corrected chi connectivity index (χ1v) is 7.15. The Morgan fingerprint density at radius 3 is 2.39 bits per heavy atom. The summed E-state index contributed by atoms with van der Waals surface area (Å²) in [6, 6.07) is 11.0. The molecule has 18 heavy (non-hydrogen) atoms. The lowest BCUT2D eigenvalue weighted by Crippen LogP contribution is -2.03. The SMILES string of the molecule is Cc1cc(S(=O)(=O)c2ccccc2Cl)ccc1N. The van der Waals surface area contributed by atoms with Crippen LogP contribution in [0.3, 0.4) is 0 Å². The second-order valence-corrected chi connectivity index (χ2v) is 6.28. The molecule has 0 fully saturated rings. The van der Waals surface area contributed by atoms with Gasteiger partial charge in [0.1, 0.15) is 0 Å². The summed E-state index contributed by atoms with van der Waals surface area (Å²) in [5.74, 6) is 0. The quantitative estimate of drug-likeness (QED) is 0.861. The van der Waals surface area contributed by atoms with Crippen LogP contribution in [0, 0.1) is 6.92 Å². The van der Waals surface area contributed by atoms with Crippen LogP contribution < -0.4 is 5.73 Å². The summed E-state index contributed by atoms with van der Waals surface area (Å²) >= 11 is 5.93. The fourth-order valence-corrected chi connectivity index (χ4v) is 3.46. The summed E-state index contributed by atoms with van der Waals surface area (Å²) in [7, 11) is -3.60. The summed E-state index contributed by atoms with van der Waals surface area (Å²) in [4.78, 5) is 0.304. The molecule has 0 unspecified atom stereocenters. The Balaban J connectivity index is 2.62. The Morgan fingerprint density at radius 2 is 1.78 bits per heavy atom. The van der Waals surface area contributed by atoms with Gasteiger partial charge in [-0.1, -0.05) is 23.7 Å². The topological polar surface area (TPSA) is 60.2 Å². The average molecular weight is 282 g/mol. The summed E-state index contributed by atoms with van der Waals surface area (Å²) in [6.45, 7) is 1.76. The van der Waals surface area contributed by atoms with Crippen molar-refractivity contribution in [3.63, 3.8) is 0 Å². The van der Waals surface area contributed by atoms with Crippen LogP contribution in [0.1, 0.15) is 5.56 Å². The molecule has 3 nitrogen and oxygen atoms in total. The maximum absolute atomic E-state index is 12.4. The molecule has 5 heteroatoms. The van der Waals surface area contributed by atoms with Crippen LogP contribution in [0.15, 0.2) is 52.3 Å². The number of benzene rings is 2. The van der Waals surface area contributed by atoms with Crippen molar-refractivity contribution in [3.8, 4) is 0 Å². The molecule has 0 radical (unpaired) electrons. The van der Waals surface area contributed by atoms with Crippen LogP contribution >= 0.6 is 11.6 Å². The first-order chi connectivity index (χ1) is 8.43. The molecule has 0 aliphatic carbocycles. The zero-order valence-electron chi connectivity index (χ0n) is 9.72. The Morgan fingerprint density at radius 1 is 1.11 bits per heavy atom. The van der Waals surface area contributed by atoms with Crippen LogP contribution in [-0.4, -0.2) is 8.42 Å². The molecule has 0 amide bonds. The van der Waals surface area contributed by atoms with Crippen LogP contribution in [-0.2, 0) is 9.84 Å². The van der Waals surface area contributed by atoms with Crippen molar-refractivity contribution >= 4 is 27.1 Å². The van der Waals surface area contributed by atoms with Gasteiger partial charge in [0.05, 0.1) is 14.8 Å². The smallest absolute Gasteiger partial charge is 0.208 e. The molecule has 0 aliphatic heterocycles. The summed E-state index contributed by atoms with van der Waals surface area (Å²) in [5.41, 5.74) is 6.97. The standard InChI is InChI=1S/C13H12ClNO2S/c1-9-8-10(6-7-12(9)15)18(16,17)13-5-3-2-4-11(13)14/h2-8H,15H2,1H3. The van der Waals surface area contributed by atoms with E-state index in [4.69, 9.17) is 17.3 Å². The Kier molecular flexibility index (Phi) is 3.32. The van der Waals surface area contributed by atoms with E-state index in [9.17, 15) is 8.42 Å². The third-order valence-electron chi connectivity index (χ3n) is 2.68. The zero-order valence-corrected chi connectivity index (χ0v) is 11.3. The molecular formula is C13H12ClNO2S. The van der Waals surface area contributed by atoms with Gasteiger partial charge in [-0.05, 0) is 42.8 Å². The highest BCUT2D eigenvalue weighted by Gasteiger charge is 2.20. The molecule has 0 saturated heterocycles. The summed E-state index contributed by atoms with van der Waals surface area (Å²) < 4.78 is 24.8. The molecule has 0 aliphatic rings. The Labute approximate surface area is 111 Å². The Bertz CT molecular complexity index is 696. The molecule has 2 rings (SSSR count). The van der Waals surface area contributed by atoms with Crippen LogP contribution in [0.4, 0.5) is 5.69 Å². The molecule has 2 aromatic carbocycles. The molecular weight excluding hydrogens is 270 g/mol. The number of nitrogens with two attached hydrogens (primary N) is 1. The number of rotatable bonds is 2. The number of anilines is 1. The molecule has 0 saturated carbocycles. The number of hydrogen-bond donors (Lipinski definition) is 1. The normalized spacial score (nSPS) is 11.4. The van der Waals surface area contributed by atoms with E-state index in [1.807, 2.05) is 0 Å². The highest BCUT2D eigenvalue weighted by molar-refractivity contribution is 7.91. The molecule has 0 spiro atoms. The van der Waals surface area contributed by atoms with Gasteiger partial charge in [0, 0.05) is 5.69 Å². The minimum Gasteiger partial charge on any atom is -0.399 e. The highest BCUT2D eigenvalue weighted by Crippen LogP contribution is 2.28. The lowest BCUT2D eigenvalue weighted by atomic mass is 10.2. The van der Waals surface area contributed by atoms with Gasteiger partial charge in [-0.2, -0.15) is 0 Å². The van der Waals surface area contributed by atoms with Gasteiger partial charge in [-0.15, -0.1) is 0 Å². The van der Waals surface area contributed by atoms with E-state index in [1.54, 1.807) is 37.3 Å². The molecule has 2 aromatic rings. The number of aryl methyl sites for hydroxylation is 1. The van der Waals surface area contributed by atoms with E-state index in [2.05, 4.69) is 0 Å². The van der Waals surface area contributed by atoms with Gasteiger partial charge in [0.25, 0.3) is 0 Å². The molecule has 94 valence electrons. The van der Waals surface area contributed by atoms with Crippen molar-refractivity contribution in [2.45, 2.75) is 16.7 Å². The number of hydrogen-bond acceptors (Lipinski definition) is 3. The van der Waals surface area contributed by atoms with E-state index < -0.39 is 9.84 Å². The fourth-order valence-electron chi connectivity index (χ4n) is 1.60. The van der Waals surface area contributed by atoms with Crippen molar-refractivity contribution in [1.82, 2.24) is 0 Å². The number of nitrogen functional groups attached to an aromatic ring is 1. The molecule has 0 heterocycles. The van der Waals surface area contributed by atoms with E-state index >= 15 is 0 Å². The van der Waals surface area contributed by atoms with Gasteiger partial charge in [-0.25, -0.2) is 8.42 Å². The second-order valence-electron chi connectivity index (χ2n) is 3.95. The predicted octanol–water partition coefficient (Wildman–Crippen LogP) is 3.06. The summed E-state index contributed by atoms with van der Waals surface area (Å²) in [5, 5.41) is 0.215. The number of sulfone groups is 1. The maximum Gasteiger partial charge on any atom is 0.208 e. The number of halogens is 1. The van der Waals surface area contributed by atoms with Crippen LogP contribution in [0.25, 0.3) is 0 Å². The van der Waals surface area contributed by atoms with Crippen molar-refractivity contribution in [1.29, 1.82) is 0 Å². The third-order valence-corrected chi connectivity index (χ3v) is 4.93. The van der Waals surface area contributed by atoms with Crippen molar-refractivity contribution in [3.05, 3.63) is 53.1 Å². The monoisotopic (exact) mass is 281 g/mol. The van der Waals surface area contributed by atoms with E-state index in [1.165, 1.54) is 12.1 Å². The molecule has 0 bridgehead atoms. The van der Waals surface area contributed by atoms with Crippen molar-refractivity contribution in [2.75, 3.05) is 5.73 Å². The summed E-state index contributed by atoms with van der Waals surface area (Å²) in [6.07, 6.45) is 0. The van der Waals surface area contributed by atoms with Gasteiger partial charge in [0.2, 0.25) is 9.84 Å². The van der Waals surface area contributed by atoms with Crippen LogP contribution in [0.5, 0.6) is 0 Å². The van der Waals surface area contributed by atoms with Gasteiger partial charge < -0.3 is 5.73 Å². The fraction of sp³-hybridized carbons (Fsp3) is 0.0769. The molecule has 0 atom stereocenters. The average Bonchev–Trinajstić information content (AvgIpc) is 2.33. The van der Waals surface area contributed by atoms with Gasteiger partial charge in [0.15, 0.2) is 0 Å². The second kappa shape index (κ2) is 4.63. The predicted molar refractivity (Wildman–Crippen MR) is 72.5 cm³/mol. The lowest BCUT2D eigenvalue weighted by molar-refractivity contribution is 0.596. The largest absolute Gasteiger partial charge is 0.399 e. The van der Waals surface area contributed by atoms with Crippen molar-refractivity contribution < 1.29 is 8.42 Å². The Hall–Kier alpha value is -1.52. The first-order valence-electron chi connectivity index (χ1n) is 5.28. The lowest BCUT2D eigenvalue weighted by Gasteiger charge is -2.08. The third kappa shape index (κ3) is 2.21. The minimum absolute atomic E-state index is 0.107. The maximum atomic E-state index is 12.4. The van der Waals surface area contributed by atoms with Gasteiger partial charge in [-0.3, -0.25) is 0 Å². The van der Waals surface area contributed by atoms with E-state index in [-0.39, 0.29) is 14.8 Å². The zero-order chi connectivity index (χ0) is 13.3. The highest BCUT2D eigenvalue weighted by atomic mass is 35.5. The van der Waals surface area contributed by atoms with Gasteiger partial charge >= 0.3 is 0 Å². The van der Waals surface area contributed by atoms with Crippen LogP contribution in [0.2, 0.25) is 5.02 Å². The van der Waals surface area contributed by atoms with E-state index in [0.29, 0.717) is 5.69 Å². The van der Waals surface area contributed by atoms with E-state index in [0.717, 1.165) is 5.56 Å².